The highest BCUT2D eigenvalue weighted by Crippen LogP contribution is 2.48. The fourth-order valence-electron chi connectivity index (χ4n) is 5.09. The van der Waals surface area contributed by atoms with Gasteiger partial charge in [-0.25, -0.2) is 4.39 Å². The van der Waals surface area contributed by atoms with Gasteiger partial charge in [-0.3, -0.25) is 14.2 Å². The average Bonchev–Trinajstić information content (AvgIpc) is 3.36. The van der Waals surface area contributed by atoms with Crippen molar-refractivity contribution < 1.29 is 24.2 Å². The highest BCUT2D eigenvalue weighted by molar-refractivity contribution is 6.31. The third-order valence-corrected chi connectivity index (χ3v) is 6.93. The van der Waals surface area contributed by atoms with E-state index in [1.54, 1.807) is 32.0 Å². The van der Waals surface area contributed by atoms with Crippen LogP contribution in [0.5, 0.6) is 5.75 Å². The zero-order chi connectivity index (χ0) is 22.5. The first kappa shape index (κ1) is 21.4. The number of hydrogen-bond acceptors (Lipinski definition) is 3. The van der Waals surface area contributed by atoms with Gasteiger partial charge in [0.15, 0.2) is 11.6 Å². The molecule has 1 heterocycles. The van der Waals surface area contributed by atoms with Crippen molar-refractivity contribution in [3.8, 4) is 5.75 Å². The number of halogens is 2. The van der Waals surface area contributed by atoms with Crippen molar-refractivity contribution in [1.82, 2.24) is 4.57 Å². The minimum absolute atomic E-state index is 0.0234. The maximum Gasteiger partial charge on any atom is 0.314 e. The number of aliphatic carboxylic acids is 1. The Balaban J connectivity index is 2.07. The van der Waals surface area contributed by atoms with Crippen molar-refractivity contribution in [3.63, 3.8) is 0 Å². The lowest BCUT2D eigenvalue weighted by Crippen LogP contribution is -2.40. The first-order valence-electron chi connectivity index (χ1n) is 10.2. The molecule has 2 aromatic carbocycles. The van der Waals surface area contributed by atoms with Gasteiger partial charge in [0.2, 0.25) is 0 Å². The maximum atomic E-state index is 15.3. The van der Waals surface area contributed by atoms with Gasteiger partial charge in [-0.15, -0.1) is 0 Å². The molecule has 1 saturated carbocycles. The summed E-state index contributed by atoms with van der Waals surface area (Å²) in [6, 6.07) is 9.02. The second-order valence-electron chi connectivity index (χ2n) is 8.39. The van der Waals surface area contributed by atoms with E-state index in [0.717, 1.165) is 12.8 Å². The molecule has 1 atom stereocenters. The van der Waals surface area contributed by atoms with E-state index in [9.17, 15) is 19.8 Å². The summed E-state index contributed by atoms with van der Waals surface area (Å²) in [5.41, 5.74) is -0.302. The van der Waals surface area contributed by atoms with Crippen molar-refractivity contribution >= 4 is 34.4 Å². The minimum atomic E-state index is -1.41. The molecule has 162 valence electrons. The number of aromatic hydroxyl groups is 1. The summed E-state index contributed by atoms with van der Waals surface area (Å²) in [5.74, 6) is -3.22. The molecule has 0 unspecified atom stereocenters. The van der Waals surface area contributed by atoms with Gasteiger partial charge < -0.3 is 10.2 Å². The summed E-state index contributed by atoms with van der Waals surface area (Å²) in [7, 11) is 0. The monoisotopic (exact) mass is 443 g/mol. The van der Waals surface area contributed by atoms with Crippen LogP contribution in [-0.2, 0) is 10.2 Å². The molecule has 1 aliphatic carbocycles. The molecular formula is C24H23ClFNO4. The summed E-state index contributed by atoms with van der Waals surface area (Å²) >= 11 is 6.05. The molecule has 2 N–H and O–H groups in total. The number of rotatable bonds is 4. The number of fused-ring (bicyclic) bond motifs is 1. The van der Waals surface area contributed by atoms with Crippen LogP contribution in [0.1, 0.15) is 54.2 Å². The zero-order valence-corrected chi connectivity index (χ0v) is 18.0. The second-order valence-corrected chi connectivity index (χ2v) is 8.83. The molecule has 31 heavy (non-hydrogen) atoms. The van der Waals surface area contributed by atoms with Gasteiger partial charge in [-0.05, 0) is 62.9 Å². The average molecular weight is 444 g/mol. The van der Waals surface area contributed by atoms with Crippen molar-refractivity contribution in [1.29, 1.82) is 0 Å². The second kappa shape index (κ2) is 7.68. The predicted octanol–water partition coefficient (Wildman–Crippen LogP) is 5.67. The topological polar surface area (TPSA) is 79.5 Å². The van der Waals surface area contributed by atoms with Crippen LogP contribution in [0, 0.1) is 18.7 Å². The predicted molar refractivity (Wildman–Crippen MR) is 116 cm³/mol. The van der Waals surface area contributed by atoms with Crippen molar-refractivity contribution in [2.24, 2.45) is 5.92 Å². The Labute approximate surface area is 184 Å². The Morgan fingerprint density at radius 2 is 1.87 bits per heavy atom. The van der Waals surface area contributed by atoms with E-state index in [0.29, 0.717) is 29.1 Å². The third-order valence-electron chi connectivity index (χ3n) is 6.70. The number of nitrogens with zero attached hydrogens (tertiary/aromatic N) is 1. The zero-order valence-electron chi connectivity index (χ0n) is 17.3. The SMILES string of the molecule is Cc1c([C@](C)(C(=O)O)C2CCCC2)c2c(F)c(O)ccc2n1C(=O)c1cccc(Cl)c1. The molecule has 0 amide bonds. The van der Waals surface area contributed by atoms with Crippen LogP contribution in [0.3, 0.4) is 0 Å². The molecule has 0 aliphatic heterocycles. The van der Waals surface area contributed by atoms with E-state index < -0.39 is 28.9 Å². The van der Waals surface area contributed by atoms with E-state index in [1.165, 1.54) is 22.8 Å². The summed E-state index contributed by atoms with van der Waals surface area (Å²) in [5, 5.41) is 20.7. The minimum Gasteiger partial charge on any atom is -0.505 e. The number of carboxylic acids is 1. The van der Waals surface area contributed by atoms with Crippen LogP contribution in [0.25, 0.3) is 10.9 Å². The number of benzene rings is 2. The molecular weight excluding hydrogens is 421 g/mol. The number of aromatic nitrogens is 1. The summed E-state index contributed by atoms with van der Waals surface area (Å²) < 4.78 is 16.6. The van der Waals surface area contributed by atoms with Crippen LogP contribution in [0.2, 0.25) is 5.02 Å². The Kier molecular flexibility index (Phi) is 5.30. The van der Waals surface area contributed by atoms with Gasteiger partial charge in [0.25, 0.3) is 5.91 Å². The van der Waals surface area contributed by atoms with Gasteiger partial charge in [0.1, 0.15) is 0 Å². The first-order chi connectivity index (χ1) is 14.7. The lowest BCUT2D eigenvalue weighted by atomic mass is 9.69. The van der Waals surface area contributed by atoms with Crippen LogP contribution < -0.4 is 0 Å². The molecule has 5 nitrogen and oxygen atoms in total. The number of hydrogen-bond donors (Lipinski definition) is 2. The first-order valence-corrected chi connectivity index (χ1v) is 10.6. The Bertz CT molecular complexity index is 1210. The summed E-state index contributed by atoms with van der Waals surface area (Å²) in [4.78, 5) is 26.0. The van der Waals surface area contributed by atoms with Crippen LogP contribution in [0.4, 0.5) is 4.39 Å². The van der Waals surface area contributed by atoms with Crippen molar-refractivity contribution in [3.05, 3.63) is 64.1 Å². The van der Waals surface area contributed by atoms with Gasteiger partial charge in [0.05, 0.1) is 10.9 Å². The molecule has 3 aromatic rings. The van der Waals surface area contributed by atoms with Gasteiger partial charge in [-0.1, -0.05) is 30.5 Å². The molecule has 4 rings (SSSR count). The van der Waals surface area contributed by atoms with Crippen LogP contribution in [0.15, 0.2) is 36.4 Å². The van der Waals surface area contributed by atoms with Gasteiger partial charge in [0, 0.05) is 27.2 Å². The van der Waals surface area contributed by atoms with E-state index in [-0.39, 0.29) is 22.4 Å². The van der Waals surface area contributed by atoms with Crippen LogP contribution in [-0.4, -0.2) is 26.7 Å². The van der Waals surface area contributed by atoms with E-state index in [4.69, 9.17) is 11.6 Å². The number of phenolic OH excluding ortho intramolecular Hbond substituents is 1. The third kappa shape index (κ3) is 3.21. The van der Waals surface area contributed by atoms with Crippen molar-refractivity contribution in [2.45, 2.75) is 44.9 Å². The number of carboxylic acid groups (broad SMARTS) is 1. The largest absolute Gasteiger partial charge is 0.505 e. The molecule has 0 spiro atoms. The van der Waals surface area contributed by atoms with Crippen LogP contribution >= 0.6 is 11.6 Å². The highest BCUT2D eigenvalue weighted by Gasteiger charge is 2.48. The molecule has 1 fully saturated rings. The number of carbonyl (C=O) groups excluding carboxylic acids is 1. The molecule has 0 radical (unpaired) electrons. The van der Waals surface area contributed by atoms with Crippen molar-refractivity contribution in [2.75, 3.05) is 0 Å². The smallest absolute Gasteiger partial charge is 0.314 e. The lowest BCUT2D eigenvalue weighted by Gasteiger charge is -2.32. The number of phenols is 1. The molecule has 1 aliphatic rings. The summed E-state index contributed by atoms with van der Waals surface area (Å²) in [6.07, 6.45) is 3.22. The molecule has 0 bridgehead atoms. The van der Waals surface area contributed by atoms with Gasteiger partial charge in [-0.2, -0.15) is 0 Å². The van der Waals surface area contributed by atoms with E-state index >= 15 is 4.39 Å². The fourth-order valence-corrected chi connectivity index (χ4v) is 5.28. The fraction of sp³-hybridized carbons (Fsp3) is 0.333. The lowest BCUT2D eigenvalue weighted by molar-refractivity contribution is -0.145. The Hall–Kier alpha value is -2.86. The van der Waals surface area contributed by atoms with Gasteiger partial charge >= 0.3 is 5.97 Å². The standard InChI is InChI=1S/C24H23ClFNO4/c1-13-20(24(2,23(30)31)15-7-3-4-8-15)19-17(10-11-18(28)21(19)26)27(13)22(29)14-6-5-9-16(25)12-14/h5-6,9-12,15,28H,3-4,7-8H2,1-2H3,(H,30,31)/t24-/m1/s1. The van der Waals surface area contributed by atoms with E-state index in [2.05, 4.69) is 0 Å². The normalized spacial score (nSPS) is 16.5. The summed E-state index contributed by atoms with van der Waals surface area (Å²) in [6.45, 7) is 3.23. The Morgan fingerprint density at radius 3 is 2.48 bits per heavy atom. The molecule has 7 heteroatoms. The van der Waals surface area contributed by atoms with E-state index in [1.807, 2.05) is 0 Å². The number of carbonyl (C=O) groups is 2. The quantitative estimate of drug-likeness (QED) is 0.544. The highest BCUT2D eigenvalue weighted by atomic mass is 35.5. The molecule has 0 saturated heterocycles. The Morgan fingerprint density at radius 1 is 1.19 bits per heavy atom. The maximum absolute atomic E-state index is 15.3. The molecule has 1 aromatic heterocycles.